The van der Waals surface area contributed by atoms with Crippen LogP contribution in [0.2, 0.25) is 5.02 Å². The van der Waals surface area contributed by atoms with Crippen molar-refractivity contribution in [2.75, 3.05) is 10.7 Å². The first-order valence-electron chi connectivity index (χ1n) is 5.64. The van der Waals surface area contributed by atoms with Crippen molar-refractivity contribution in [3.63, 3.8) is 0 Å². The minimum absolute atomic E-state index is 0.0106. The zero-order valence-electron chi connectivity index (χ0n) is 10.4. The molecule has 1 amide bonds. The summed E-state index contributed by atoms with van der Waals surface area (Å²) in [6.07, 6.45) is 0. The highest BCUT2D eigenvalue weighted by Crippen LogP contribution is 2.24. The highest BCUT2D eigenvalue weighted by atomic mass is 35.5. The van der Waals surface area contributed by atoms with Crippen LogP contribution in [0.5, 0.6) is 0 Å². The zero-order chi connectivity index (χ0) is 15.6. The minimum Gasteiger partial charge on any atom is -0.321 e. The number of rotatable bonds is 3. The smallest absolute Gasteiger partial charge is 0.255 e. The predicted octanol–water partition coefficient (Wildman–Crippen LogP) is 3.30. The summed E-state index contributed by atoms with van der Waals surface area (Å²) < 4.78 is 40.1. The lowest BCUT2D eigenvalue weighted by Crippen LogP contribution is -2.15. The van der Waals surface area contributed by atoms with E-state index in [4.69, 9.17) is 17.4 Å². The third-order valence-electron chi connectivity index (χ3n) is 2.63. The molecular formula is C13H9ClF3N3O. The maximum absolute atomic E-state index is 13.5. The quantitative estimate of drug-likeness (QED) is 0.601. The van der Waals surface area contributed by atoms with Gasteiger partial charge in [-0.25, -0.2) is 13.2 Å². The zero-order valence-corrected chi connectivity index (χ0v) is 11.1. The Bertz CT molecular complexity index is 686. The van der Waals surface area contributed by atoms with Gasteiger partial charge in [-0.15, -0.1) is 0 Å². The van der Waals surface area contributed by atoms with Crippen LogP contribution in [0.3, 0.4) is 0 Å². The molecule has 21 heavy (non-hydrogen) atoms. The van der Waals surface area contributed by atoms with E-state index in [1.54, 1.807) is 0 Å². The Labute approximate surface area is 122 Å². The third kappa shape index (κ3) is 3.26. The van der Waals surface area contributed by atoms with E-state index in [-0.39, 0.29) is 16.3 Å². The largest absolute Gasteiger partial charge is 0.321 e. The maximum atomic E-state index is 13.5. The van der Waals surface area contributed by atoms with E-state index in [0.29, 0.717) is 0 Å². The average Bonchev–Trinajstić information content (AvgIpc) is 2.42. The van der Waals surface area contributed by atoms with Gasteiger partial charge >= 0.3 is 0 Å². The van der Waals surface area contributed by atoms with Gasteiger partial charge in [-0.2, -0.15) is 0 Å². The van der Waals surface area contributed by atoms with Crippen LogP contribution in [0, 0.1) is 17.5 Å². The second kappa shape index (κ2) is 6.02. The average molecular weight is 316 g/mol. The van der Waals surface area contributed by atoms with Gasteiger partial charge < -0.3 is 10.7 Å². The molecule has 0 atom stereocenters. The Morgan fingerprint density at radius 2 is 1.71 bits per heavy atom. The lowest BCUT2D eigenvalue weighted by Gasteiger charge is -2.09. The van der Waals surface area contributed by atoms with Gasteiger partial charge in [0.15, 0.2) is 11.6 Å². The van der Waals surface area contributed by atoms with Gasteiger partial charge in [0, 0.05) is 5.56 Å². The van der Waals surface area contributed by atoms with Crippen molar-refractivity contribution in [3.8, 4) is 0 Å². The Kier molecular flexibility index (Phi) is 4.35. The second-order valence-electron chi connectivity index (χ2n) is 4.04. The molecule has 0 fully saturated rings. The van der Waals surface area contributed by atoms with E-state index in [1.807, 2.05) is 5.43 Å². The van der Waals surface area contributed by atoms with Crippen molar-refractivity contribution in [1.82, 2.24) is 0 Å². The van der Waals surface area contributed by atoms with Crippen LogP contribution in [-0.2, 0) is 0 Å². The van der Waals surface area contributed by atoms with Crippen molar-refractivity contribution < 1.29 is 18.0 Å². The summed E-state index contributed by atoms with van der Waals surface area (Å²) in [4.78, 5) is 11.9. The molecule has 0 radical (unpaired) electrons. The number of hydrogen-bond acceptors (Lipinski definition) is 3. The Balaban J connectivity index is 2.31. The van der Waals surface area contributed by atoms with Crippen LogP contribution in [0.4, 0.5) is 24.5 Å². The summed E-state index contributed by atoms with van der Waals surface area (Å²) in [7, 11) is 0. The van der Waals surface area contributed by atoms with Gasteiger partial charge in [-0.1, -0.05) is 11.6 Å². The summed E-state index contributed by atoms with van der Waals surface area (Å²) in [5, 5.41) is 2.35. The van der Waals surface area contributed by atoms with Gasteiger partial charge in [0.2, 0.25) is 0 Å². The van der Waals surface area contributed by atoms with Crippen LogP contribution < -0.4 is 16.6 Å². The summed E-state index contributed by atoms with van der Waals surface area (Å²) in [5.74, 6) is 1.42. The van der Waals surface area contributed by atoms with Crippen LogP contribution >= 0.6 is 11.6 Å². The molecule has 0 aliphatic carbocycles. The fourth-order valence-corrected chi connectivity index (χ4v) is 1.79. The number of benzene rings is 2. The normalized spacial score (nSPS) is 10.3. The fraction of sp³-hybridized carbons (Fsp3) is 0. The first kappa shape index (κ1) is 15.1. The molecule has 4 nitrogen and oxygen atoms in total. The number of nitrogens with one attached hydrogen (secondary N) is 2. The Hall–Kier alpha value is -2.25. The number of nitrogens with two attached hydrogens (primary N) is 1. The fourth-order valence-electron chi connectivity index (χ4n) is 1.63. The molecule has 2 aromatic rings. The van der Waals surface area contributed by atoms with Crippen LogP contribution in [0.25, 0.3) is 0 Å². The van der Waals surface area contributed by atoms with E-state index in [9.17, 15) is 18.0 Å². The van der Waals surface area contributed by atoms with Crippen molar-refractivity contribution in [2.24, 2.45) is 5.84 Å². The number of amides is 1. The van der Waals surface area contributed by atoms with Crippen LogP contribution in [-0.4, -0.2) is 5.91 Å². The van der Waals surface area contributed by atoms with Gasteiger partial charge in [0.05, 0.1) is 10.7 Å². The number of nitrogen functional groups attached to an aromatic ring is 1. The van der Waals surface area contributed by atoms with Crippen molar-refractivity contribution in [1.29, 1.82) is 0 Å². The highest BCUT2D eigenvalue weighted by Gasteiger charge is 2.15. The molecule has 2 aromatic carbocycles. The Morgan fingerprint density at radius 1 is 1.10 bits per heavy atom. The molecule has 0 aliphatic heterocycles. The molecule has 4 N–H and O–H groups in total. The monoisotopic (exact) mass is 315 g/mol. The summed E-state index contributed by atoms with van der Waals surface area (Å²) in [6, 6.07) is 4.93. The molecule has 0 saturated carbocycles. The number of halogens is 4. The molecule has 0 aliphatic rings. The molecule has 0 unspecified atom stereocenters. The lowest BCUT2D eigenvalue weighted by atomic mass is 10.1. The molecule has 0 heterocycles. The lowest BCUT2D eigenvalue weighted by molar-refractivity contribution is 0.102. The molecular weight excluding hydrogens is 307 g/mol. The van der Waals surface area contributed by atoms with Gasteiger partial charge in [-0.3, -0.25) is 10.6 Å². The molecule has 0 saturated heterocycles. The minimum atomic E-state index is -1.03. The molecule has 0 spiro atoms. The molecule has 0 aromatic heterocycles. The molecule has 0 bridgehead atoms. The maximum Gasteiger partial charge on any atom is 0.255 e. The molecule has 2 rings (SSSR count). The first-order valence-corrected chi connectivity index (χ1v) is 6.02. The number of hydrazine groups is 1. The summed E-state index contributed by atoms with van der Waals surface area (Å²) in [6.45, 7) is 0. The first-order chi connectivity index (χ1) is 9.92. The van der Waals surface area contributed by atoms with E-state index in [2.05, 4.69) is 5.32 Å². The summed E-state index contributed by atoms with van der Waals surface area (Å²) in [5.41, 5.74) is 0.971. The Morgan fingerprint density at radius 3 is 2.29 bits per heavy atom. The third-order valence-corrected chi connectivity index (χ3v) is 2.95. The van der Waals surface area contributed by atoms with Gasteiger partial charge in [0.25, 0.3) is 5.91 Å². The number of hydrogen-bond donors (Lipinski definition) is 3. The molecule has 8 heteroatoms. The van der Waals surface area contributed by atoms with Crippen molar-refractivity contribution in [2.45, 2.75) is 0 Å². The van der Waals surface area contributed by atoms with E-state index >= 15 is 0 Å². The van der Waals surface area contributed by atoms with E-state index in [0.717, 1.165) is 24.3 Å². The van der Waals surface area contributed by atoms with Crippen LogP contribution in [0.1, 0.15) is 10.4 Å². The number of anilines is 2. The van der Waals surface area contributed by atoms with Crippen LogP contribution in [0.15, 0.2) is 30.3 Å². The number of carbonyl (C=O) groups excluding carboxylic acids is 1. The number of carbonyl (C=O) groups is 1. The second-order valence-corrected chi connectivity index (χ2v) is 4.44. The SMILES string of the molecule is NNc1c(F)cc(C(=O)Nc2cc(F)ccc2Cl)cc1F. The topological polar surface area (TPSA) is 67.1 Å². The van der Waals surface area contributed by atoms with Crippen molar-refractivity contribution in [3.05, 3.63) is 58.4 Å². The molecule has 110 valence electrons. The standard InChI is InChI=1S/C13H9ClF3N3O/c14-8-2-1-7(15)5-11(8)19-13(21)6-3-9(16)12(20-18)10(17)4-6/h1-5,20H,18H2,(H,19,21). The van der Waals surface area contributed by atoms with Crippen molar-refractivity contribution >= 4 is 28.9 Å². The highest BCUT2D eigenvalue weighted by molar-refractivity contribution is 6.33. The predicted molar refractivity (Wildman–Crippen MR) is 73.5 cm³/mol. The van der Waals surface area contributed by atoms with E-state index < -0.39 is 29.0 Å². The van der Waals surface area contributed by atoms with E-state index in [1.165, 1.54) is 6.07 Å². The van der Waals surface area contributed by atoms with Gasteiger partial charge in [-0.05, 0) is 30.3 Å². The summed E-state index contributed by atoms with van der Waals surface area (Å²) >= 11 is 5.78. The van der Waals surface area contributed by atoms with Gasteiger partial charge in [0.1, 0.15) is 11.5 Å².